The van der Waals surface area contributed by atoms with Gasteiger partial charge in [-0.05, 0) is 17.7 Å². The molecule has 0 saturated carbocycles. The van der Waals surface area contributed by atoms with Crippen molar-refractivity contribution in [2.24, 2.45) is 0 Å². The summed E-state index contributed by atoms with van der Waals surface area (Å²) in [5.41, 5.74) is 0.865. The van der Waals surface area contributed by atoms with Crippen LogP contribution >= 0.6 is 11.6 Å². The molecular formula is C14H17ClFN3O. The maximum Gasteiger partial charge on any atom is 0.124 e. The summed E-state index contributed by atoms with van der Waals surface area (Å²) in [6.45, 7) is 2.64. The van der Waals surface area contributed by atoms with Crippen molar-refractivity contribution in [1.82, 2.24) is 14.9 Å². The van der Waals surface area contributed by atoms with Crippen molar-refractivity contribution in [2.75, 3.05) is 20.3 Å². The number of hydrogen-bond acceptors (Lipinski definition) is 3. The first-order valence-corrected chi connectivity index (χ1v) is 6.72. The zero-order valence-electron chi connectivity index (χ0n) is 11.3. The van der Waals surface area contributed by atoms with Crippen molar-refractivity contribution in [3.63, 3.8) is 0 Å². The average molecular weight is 298 g/mol. The van der Waals surface area contributed by atoms with Gasteiger partial charge in [-0.2, -0.15) is 0 Å². The summed E-state index contributed by atoms with van der Waals surface area (Å²) < 4.78 is 20.0. The Kier molecular flexibility index (Phi) is 5.52. The van der Waals surface area contributed by atoms with Gasteiger partial charge in [-0.15, -0.1) is 0 Å². The number of aromatic nitrogens is 2. The molecular weight excluding hydrogens is 281 g/mol. The highest BCUT2D eigenvalue weighted by atomic mass is 35.5. The molecule has 0 bridgehead atoms. The molecule has 20 heavy (non-hydrogen) atoms. The van der Waals surface area contributed by atoms with E-state index in [4.69, 9.17) is 16.3 Å². The van der Waals surface area contributed by atoms with E-state index >= 15 is 0 Å². The van der Waals surface area contributed by atoms with Gasteiger partial charge < -0.3 is 14.6 Å². The fraction of sp³-hybridized carbons (Fsp3) is 0.357. The first-order chi connectivity index (χ1) is 9.70. The predicted molar refractivity (Wildman–Crippen MR) is 76.3 cm³/mol. The lowest BCUT2D eigenvalue weighted by molar-refractivity contribution is 0.199. The van der Waals surface area contributed by atoms with Gasteiger partial charge in [0.05, 0.1) is 19.7 Å². The molecule has 2 aromatic rings. The van der Waals surface area contributed by atoms with Crippen LogP contribution in [0.2, 0.25) is 5.02 Å². The molecule has 0 aliphatic rings. The third-order valence-electron chi connectivity index (χ3n) is 2.92. The lowest BCUT2D eigenvalue weighted by Gasteiger charge is -2.10. The second kappa shape index (κ2) is 7.38. The van der Waals surface area contributed by atoms with Crippen molar-refractivity contribution >= 4 is 11.6 Å². The Bertz CT molecular complexity index is 559. The molecule has 1 N–H and O–H groups in total. The quantitative estimate of drug-likeness (QED) is 0.798. The normalized spacial score (nSPS) is 10.9. The third kappa shape index (κ3) is 4.03. The van der Waals surface area contributed by atoms with E-state index < -0.39 is 0 Å². The number of methoxy groups -OCH3 is 1. The number of imidazole rings is 1. The SMILES string of the molecule is COCCNCc1nccn1Cc1ccc(F)cc1Cl. The van der Waals surface area contributed by atoms with Crippen LogP contribution in [0.1, 0.15) is 11.4 Å². The minimum atomic E-state index is -0.328. The molecule has 1 aromatic heterocycles. The highest BCUT2D eigenvalue weighted by Crippen LogP contribution is 2.18. The minimum Gasteiger partial charge on any atom is -0.383 e. The van der Waals surface area contributed by atoms with E-state index in [1.807, 2.05) is 10.8 Å². The molecule has 1 heterocycles. The number of nitrogens with one attached hydrogen (secondary N) is 1. The van der Waals surface area contributed by atoms with Gasteiger partial charge in [-0.25, -0.2) is 9.37 Å². The summed E-state index contributed by atoms with van der Waals surface area (Å²) in [5.74, 6) is 0.576. The highest BCUT2D eigenvalue weighted by molar-refractivity contribution is 6.31. The Balaban J connectivity index is 2.01. The Morgan fingerprint density at radius 1 is 1.45 bits per heavy atom. The number of benzene rings is 1. The van der Waals surface area contributed by atoms with Crippen LogP contribution in [-0.2, 0) is 17.8 Å². The average Bonchev–Trinajstić information content (AvgIpc) is 2.85. The molecule has 0 aliphatic heterocycles. The highest BCUT2D eigenvalue weighted by Gasteiger charge is 2.06. The molecule has 0 unspecified atom stereocenters. The van der Waals surface area contributed by atoms with E-state index in [1.54, 1.807) is 19.4 Å². The minimum absolute atomic E-state index is 0.328. The number of halogens is 2. The summed E-state index contributed by atoms with van der Waals surface area (Å²) >= 11 is 6.04. The molecule has 0 atom stereocenters. The van der Waals surface area contributed by atoms with Gasteiger partial charge in [0, 0.05) is 31.1 Å². The fourth-order valence-electron chi connectivity index (χ4n) is 1.86. The third-order valence-corrected chi connectivity index (χ3v) is 3.28. The first kappa shape index (κ1) is 15.0. The summed E-state index contributed by atoms with van der Waals surface area (Å²) in [6.07, 6.45) is 3.62. The molecule has 0 aliphatic carbocycles. The van der Waals surface area contributed by atoms with Crippen LogP contribution in [0.4, 0.5) is 4.39 Å². The van der Waals surface area contributed by atoms with Gasteiger partial charge in [0.25, 0.3) is 0 Å². The van der Waals surface area contributed by atoms with Gasteiger partial charge in [0.15, 0.2) is 0 Å². The molecule has 0 fully saturated rings. The lowest BCUT2D eigenvalue weighted by Crippen LogP contribution is -2.21. The van der Waals surface area contributed by atoms with Crippen molar-refractivity contribution in [2.45, 2.75) is 13.1 Å². The van der Waals surface area contributed by atoms with Crippen molar-refractivity contribution < 1.29 is 9.13 Å². The lowest BCUT2D eigenvalue weighted by atomic mass is 10.2. The smallest absolute Gasteiger partial charge is 0.124 e. The molecule has 0 amide bonds. The first-order valence-electron chi connectivity index (χ1n) is 6.34. The van der Waals surface area contributed by atoms with Crippen LogP contribution in [0.25, 0.3) is 0 Å². The second-order valence-corrected chi connectivity index (χ2v) is 4.78. The Morgan fingerprint density at radius 2 is 2.30 bits per heavy atom. The fourth-order valence-corrected chi connectivity index (χ4v) is 2.09. The maximum absolute atomic E-state index is 13.0. The van der Waals surface area contributed by atoms with Gasteiger partial charge in [0.1, 0.15) is 11.6 Å². The van der Waals surface area contributed by atoms with Gasteiger partial charge in [-0.1, -0.05) is 17.7 Å². The van der Waals surface area contributed by atoms with Crippen LogP contribution in [-0.4, -0.2) is 29.8 Å². The molecule has 0 radical (unpaired) electrons. The van der Waals surface area contributed by atoms with E-state index in [1.165, 1.54) is 12.1 Å². The van der Waals surface area contributed by atoms with E-state index in [-0.39, 0.29) is 5.82 Å². The summed E-state index contributed by atoms with van der Waals surface area (Å²) in [6, 6.07) is 4.43. The van der Waals surface area contributed by atoms with Crippen LogP contribution in [0.3, 0.4) is 0 Å². The van der Waals surface area contributed by atoms with Gasteiger partial charge >= 0.3 is 0 Å². The molecule has 6 heteroatoms. The molecule has 0 saturated heterocycles. The molecule has 1 aromatic carbocycles. The predicted octanol–water partition coefficient (Wildman–Crippen LogP) is 2.46. The largest absolute Gasteiger partial charge is 0.383 e. The molecule has 0 spiro atoms. The molecule has 108 valence electrons. The van der Waals surface area contributed by atoms with Crippen molar-refractivity contribution in [3.8, 4) is 0 Å². The van der Waals surface area contributed by atoms with E-state index in [2.05, 4.69) is 10.3 Å². The van der Waals surface area contributed by atoms with E-state index in [0.717, 1.165) is 17.9 Å². The maximum atomic E-state index is 13.0. The van der Waals surface area contributed by atoms with E-state index in [9.17, 15) is 4.39 Å². The number of ether oxygens (including phenoxy) is 1. The van der Waals surface area contributed by atoms with Crippen molar-refractivity contribution in [3.05, 3.63) is 52.8 Å². The van der Waals surface area contributed by atoms with Gasteiger partial charge in [0.2, 0.25) is 0 Å². The Labute approximate surface area is 122 Å². The number of nitrogens with zero attached hydrogens (tertiary/aromatic N) is 2. The van der Waals surface area contributed by atoms with Gasteiger partial charge in [-0.3, -0.25) is 0 Å². The molecule has 4 nitrogen and oxygen atoms in total. The van der Waals surface area contributed by atoms with Crippen molar-refractivity contribution in [1.29, 1.82) is 0 Å². The summed E-state index contributed by atoms with van der Waals surface area (Å²) in [5, 5.41) is 3.67. The van der Waals surface area contributed by atoms with Crippen LogP contribution in [0.5, 0.6) is 0 Å². The zero-order valence-corrected chi connectivity index (χ0v) is 12.0. The number of rotatable bonds is 7. The standard InChI is InChI=1S/C14H17ClFN3O/c1-20-7-5-17-9-14-18-4-6-19(14)10-11-2-3-12(16)8-13(11)15/h2-4,6,8,17H,5,7,9-10H2,1H3. The van der Waals surface area contributed by atoms with Crippen LogP contribution in [0, 0.1) is 5.82 Å². The van der Waals surface area contributed by atoms with E-state index in [0.29, 0.717) is 24.7 Å². The topological polar surface area (TPSA) is 39.1 Å². The zero-order chi connectivity index (χ0) is 14.4. The number of hydrogen-bond donors (Lipinski definition) is 1. The second-order valence-electron chi connectivity index (χ2n) is 4.38. The Hall–Kier alpha value is -1.43. The summed E-state index contributed by atoms with van der Waals surface area (Å²) in [7, 11) is 1.67. The van der Waals surface area contributed by atoms with Crippen LogP contribution in [0.15, 0.2) is 30.6 Å². The Morgan fingerprint density at radius 3 is 3.05 bits per heavy atom. The monoisotopic (exact) mass is 297 g/mol. The molecule has 2 rings (SSSR count). The summed E-state index contributed by atoms with van der Waals surface area (Å²) in [4.78, 5) is 4.30. The van der Waals surface area contributed by atoms with Crippen LogP contribution < -0.4 is 5.32 Å².